The van der Waals surface area contributed by atoms with Crippen LogP contribution >= 0.6 is 12.0 Å². The first-order valence-corrected chi connectivity index (χ1v) is 17.0. The number of allylic oxidation sites excluding steroid dienone is 5. The van der Waals surface area contributed by atoms with Crippen LogP contribution in [0.3, 0.4) is 0 Å². The van der Waals surface area contributed by atoms with Crippen LogP contribution in [0.25, 0.3) is 5.57 Å². The van der Waals surface area contributed by atoms with Gasteiger partial charge in [0.2, 0.25) is 0 Å². The summed E-state index contributed by atoms with van der Waals surface area (Å²) in [7, 11) is -4.89. The zero-order valence-electron chi connectivity index (χ0n) is 26.3. The fourth-order valence-electron chi connectivity index (χ4n) is 5.50. The Morgan fingerprint density at radius 1 is 0.804 bits per heavy atom. The average Bonchev–Trinajstić information content (AvgIpc) is 3.07. The molecule has 1 aliphatic carbocycles. The number of anilines is 1. The third-order valence-electron chi connectivity index (χ3n) is 7.83. The summed E-state index contributed by atoms with van der Waals surface area (Å²) in [6, 6.07) is 32.7. The molecule has 0 spiro atoms. The second-order valence-electron chi connectivity index (χ2n) is 10.7. The van der Waals surface area contributed by atoms with Crippen molar-refractivity contribution < 1.29 is 51.7 Å². The number of nitrogens with zero attached hydrogens (tertiary/aromatic N) is 2. The van der Waals surface area contributed by atoms with Crippen LogP contribution in [0.2, 0.25) is 0 Å². The van der Waals surface area contributed by atoms with E-state index >= 15 is 0 Å². The SMILES string of the molecule is CCN(Cc1ccccc1)c1ccc(C(=C2C=CC(=[N+](CC)Cc3ccccc3)C=C2)c2ccc(S[O-])cc2S(=O)(=O)[O-])cc1.[Na+]. The minimum Gasteiger partial charge on any atom is -0.795 e. The number of hydrogen-bond donors (Lipinski definition) is 0. The molecule has 0 bridgehead atoms. The molecule has 6 nitrogen and oxygen atoms in total. The van der Waals surface area contributed by atoms with E-state index in [1.165, 1.54) is 17.2 Å². The van der Waals surface area contributed by atoms with Crippen molar-refractivity contribution in [2.24, 2.45) is 0 Å². The molecule has 4 aromatic carbocycles. The number of hydrogen-bond acceptors (Lipinski definition) is 6. The summed E-state index contributed by atoms with van der Waals surface area (Å²) in [5, 5.41) is 0. The Labute approximate surface area is 298 Å². The van der Waals surface area contributed by atoms with Crippen LogP contribution in [0, 0.1) is 0 Å². The summed E-state index contributed by atoms with van der Waals surface area (Å²) in [6.45, 7) is 7.31. The average molecular weight is 659 g/mol. The minimum atomic E-state index is -4.89. The van der Waals surface area contributed by atoms with E-state index in [1.54, 1.807) is 12.1 Å². The van der Waals surface area contributed by atoms with Gasteiger partial charge < -0.3 is 14.0 Å². The van der Waals surface area contributed by atoms with Crippen molar-refractivity contribution in [3.63, 3.8) is 0 Å². The molecule has 46 heavy (non-hydrogen) atoms. The van der Waals surface area contributed by atoms with Crippen LogP contribution < -0.4 is 34.5 Å². The van der Waals surface area contributed by atoms with E-state index in [1.807, 2.05) is 85.0 Å². The van der Waals surface area contributed by atoms with Gasteiger partial charge >= 0.3 is 29.6 Å². The van der Waals surface area contributed by atoms with Crippen molar-refractivity contribution in [1.82, 2.24) is 0 Å². The fourth-order valence-corrected chi connectivity index (χ4v) is 6.58. The molecule has 0 saturated heterocycles. The molecule has 0 unspecified atom stereocenters. The van der Waals surface area contributed by atoms with E-state index in [4.69, 9.17) is 0 Å². The maximum Gasteiger partial charge on any atom is 1.00 e. The monoisotopic (exact) mass is 658 g/mol. The minimum absolute atomic E-state index is 0. The zero-order valence-corrected chi connectivity index (χ0v) is 29.9. The molecule has 0 saturated carbocycles. The second-order valence-corrected chi connectivity index (χ2v) is 12.6. The Bertz CT molecular complexity index is 1850. The van der Waals surface area contributed by atoms with E-state index in [-0.39, 0.29) is 52.1 Å². The van der Waals surface area contributed by atoms with Gasteiger partial charge in [-0.05, 0) is 77.4 Å². The van der Waals surface area contributed by atoms with Crippen molar-refractivity contribution in [2.45, 2.75) is 36.7 Å². The maximum absolute atomic E-state index is 12.5. The Morgan fingerprint density at radius 2 is 1.41 bits per heavy atom. The molecular weight excluding hydrogens is 624 g/mol. The molecule has 0 fully saturated rings. The Morgan fingerprint density at radius 3 is 1.96 bits per heavy atom. The van der Waals surface area contributed by atoms with Crippen molar-refractivity contribution >= 4 is 39.1 Å². The smallest absolute Gasteiger partial charge is 0.795 e. The van der Waals surface area contributed by atoms with E-state index in [0.29, 0.717) is 5.57 Å². The molecule has 4 aromatic rings. The standard InChI is InChI=1S/C37H36N2O4S2.Na/c1-3-38(26-28-11-7-5-8-12-28)32-19-15-30(16-20-32)37(35-24-23-34(44-40)25-36(35)45(41,42)43)31-17-21-33(22-18-31)39(4-2)27-29-13-9-6-10-14-29;/h5-25H,3-4,26-27H2,1-2H3,(H-,40,41,42,43);/q;+1/p-1. The molecule has 0 atom stereocenters. The van der Waals surface area contributed by atoms with Crippen LogP contribution in [0.4, 0.5) is 5.69 Å². The molecule has 0 radical (unpaired) electrons. The maximum atomic E-state index is 12.5. The Balaban J connectivity index is 0.00000480. The van der Waals surface area contributed by atoms with E-state index in [9.17, 15) is 17.5 Å². The predicted octanol–water partition coefficient (Wildman–Crippen LogP) is 4.45. The van der Waals surface area contributed by atoms with Crippen LogP contribution in [-0.2, 0) is 23.2 Å². The molecule has 0 N–H and O–H groups in total. The third kappa shape index (κ3) is 8.77. The third-order valence-corrected chi connectivity index (χ3v) is 9.15. The fraction of sp³-hybridized carbons (Fsp3) is 0.162. The largest absolute Gasteiger partial charge is 1.00 e. The Hall–Kier alpha value is -3.21. The summed E-state index contributed by atoms with van der Waals surface area (Å²) in [4.78, 5) is 2.01. The molecule has 0 aliphatic heterocycles. The normalized spacial score (nSPS) is 12.5. The molecule has 0 heterocycles. The number of rotatable bonds is 11. The molecule has 230 valence electrons. The van der Waals surface area contributed by atoms with Crippen molar-refractivity contribution in [1.29, 1.82) is 0 Å². The second kappa shape index (κ2) is 16.6. The summed E-state index contributed by atoms with van der Waals surface area (Å²) >= 11 is 0.154. The van der Waals surface area contributed by atoms with Gasteiger partial charge in [-0.1, -0.05) is 78.9 Å². The van der Waals surface area contributed by atoms with Crippen LogP contribution in [-0.4, -0.2) is 40.9 Å². The van der Waals surface area contributed by atoms with Crippen molar-refractivity contribution in [3.05, 3.63) is 155 Å². The summed E-state index contributed by atoms with van der Waals surface area (Å²) < 4.78 is 51.3. The first-order valence-electron chi connectivity index (χ1n) is 14.9. The Kier molecular flexibility index (Phi) is 12.8. The van der Waals surface area contributed by atoms with Crippen molar-refractivity contribution in [3.8, 4) is 0 Å². The van der Waals surface area contributed by atoms with Gasteiger partial charge in [0.1, 0.15) is 16.7 Å². The molecule has 5 rings (SSSR count). The van der Waals surface area contributed by atoms with Crippen LogP contribution in [0.15, 0.2) is 143 Å². The first kappa shape index (κ1) is 35.6. The van der Waals surface area contributed by atoms with Gasteiger partial charge in [-0.3, -0.25) is 0 Å². The van der Waals surface area contributed by atoms with Gasteiger partial charge in [-0.25, -0.2) is 25.0 Å². The van der Waals surface area contributed by atoms with Gasteiger partial charge in [0.05, 0.1) is 4.90 Å². The van der Waals surface area contributed by atoms with E-state index in [2.05, 4.69) is 47.6 Å². The van der Waals surface area contributed by atoms with Gasteiger partial charge in [-0.15, -0.1) is 0 Å². The summed E-state index contributed by atoms with van der Waals surface area (Å²) in [5.41, 5.74) is 6.82. The number of benzene rings is 4. The van der Waals surface area contributed by atoms with Gasteiger partial charge in [0, 0.05) is 42.1 Å². The summed E-state index contributed by atoms with van der Waals surface area (Å²) in [5.74, 6) is 0. The van der Waals surface area contributed by atoms with Gasteiger partial charge in [0.15, 0.2) is 12.3 Å². The quantitative estimate of drug-likeness (QED) is 0.103. The van der Waals surface area contributed by atoms with Gasteiger partial charge in [-0.2, -0.15) is 0 Å². The van der Waals surface area contributed by atoms with E-state index in [0.717, 1.165) is 48.7 Å². The molecule has 0 aromatic heterocycles. The molecule has 9 heteroatoms. The topological polar surface area (TPSA) is 86.5 Å². The molecule has 1 aliphatic rings. The van der Waals surface area contributed by atoms with E-state index < -0.39 is 15.0 Å². The molecule has 0 amide bonds. The summed E-state index contributed by atoms with van der Waals surface area (Å²) in [6.07, 6.45) is 7.94. The van der Waals surface area contributed by atoms with Crippen LogP contribution in [0.5, 0.6) is 0 Å². The van der Waals surface area contributed by atoms with Crippen molar-refractivity contribution in [2.75, 3.05) is 18.0 Å². The zero-order chi connectivity index (χ0) is 31.8. The predicted molar refractivity (Wildman–Crippen MR) is 181 cm³/mol. The van der Waals surface area contributed by atoms with Crippen LogP contribution in [0.1, 0.15) is 36.1 Å². The van der Waals surface area contributed by atoms with Gasteiger partial charge in [0.25, 0.3) is 0 Å². The molecular formula is C37H35N2NaO4S2. The first-order chi connectivity index (χ1) is 21.8.